The standard InChI is InChI=1S/C13H10ClFN4/c14-11-6-10(3-4-12(11)15)19-13(8-17-18-19)9-2-1-5-16-7-9/h1-7,13H,8H2. The molecule has 0 saturated heterocycles. The summed E-state index contributed by atoms with van der Waals surface area (Å²) in [5.41, 5.74) is 1.72. The fourth-order valence-electron chi connectivity index (χ4n) is 2.00. The largest absolute Gasteiger partial charge is 0.264 e. The third-order valence-corrected chi connectivity index (χ3v) is 3.24. The predicted molar refractivity (Wildman–Crippen MR) is 70.6 cm³/mol. The summed E-state index contributed by atoms with van der Waals surface area (Å²) in [5.74, 6) is -0.445. The summed E-state index contributed by atoms with van der Waals surface area (Å²) >= 11 is 5.80. The minimum absolute atomic E-state index is 0.0322. The van der Waals surface area contributed by atoms with E-state index in [9.17, 15) is 4.39 Å². The van der Waals surface area contributed by atoms with E-state index < -0.39 is 5.82 Å². The highest BCUT2D eigenvalue weighted by Crippen LogP contribution is 2.33. The highest BCUT2D eigenvalue weighted by atomic mass is 35.5. The second-order valence-corrected chi connectivity index (χ2v) is 4.57. The minimum Gasteiger partial charge on any atom is -0.264 e. The van der Waals surface area contributed by atoms with Crippen molar-refractivity contribution in [1.82, 2.24) is 4.98 Å². The molecule has 2 heterocycles. The lowest BCUT2D eigenvalue weighted by molar-refractivity contribution is 0.627. The van der Waals surface area contributed by atoms with Crippen LogP contribution >= 0.6 is 11.6 Å². The molecular formula is C13H10ClFN4. The van der Waals surface area contributed by atoms with E-state index in [-0.39, 0.29) is 11.1 Å². The summed E-state index contributed by atoms with van der Waals surface area (Å²) in [5, 5.41) is 9.92. The van der Waals surface area contributed by atoms with Crippen LogP contribution in [0.4, 0.5) is 10.1 Å². The highest BCUT2D eigenvalue weighted by Gasteiger charge is 2.26. The molecule has 0 saturated carbocycles. The maximum atomic E-state index is 13.2. The topological polar surface area (TPSA) is 40.9 Å². The van der Waals surface area contributed by atoms with Gasteiger partial charge in [0.1, 0.15) is 11.9 Å². The lowest BCUT2D eigenvalue weighted by atomic mass is 10.1. The first-order chi connectivity index (χ1) is 9.25. The van der Waals surface area contributed by atoms with Gasteiger partial charge < -0.3 is 0 Å². The molecule has 1 atom stereocenters. The summed E-state index contributed by atoms with van der Waals surface area (Å²) in [7, 11) is 0. The molecule has 1 aliphatic heterocycles. The molecule has 6 heteroatoms. The average molecular weight is 277 g/mol. The molecule has 0 bridgehead atoms. The number of nitrogens with zero attached hydrogens (tertiary/aromatic N) is 4. The van der Waals surface area contributed by atoms with Crippen LogP contribution in [0.5, 0.6) is 0 Å². The van der Waals surface area contributed by atoms with E-state index in [0.29, 0.717) is 12.2 Å². The molecule has 3 rings (SSSR count). The monoisotopic (exact) mass is 276 g/mol. The first-order valence-electron chi connectivity index (χ1n) is 5.77. The van der Waals surface area contributed by atoms with Crippen molar-refractivity contribution in [3.63, 3.8) is 0 Å². The molecule has 4 nitrogen and oxygen atoms in total. The smallest absolute Gasteiger partial charge is 0.141 e. The number of rotatable bonds is 2. The number of aromatic nitrogens is 1. The summed E-state index contributed by atoms with van der Waals surface area (Å²) in [6.07, 6.45) is 3.49. The minimum atomic E-state index is -0.445. The highest BCUT2D eigenvalue weighted by molar-refractivity contribution is 6.31. The van der Waals surface area contributed by atoms with E-state index in [4.69, 9.17) is 11.6 Å². The fraction of sp³-hybridized carbons (Fsp3) is 0.154. The number of benzene rings is 1. The molecule has 0 amide bonds. The Morgan fingerprint density at radius 3 is 2.95 bits per heavy atom. The summed E-state index contributed by atoms with van der Waals surface area (Å²) in [6, 6.07) is 8.30. The lowest BCUT2D eigenvalue weighted by Gasteiger charge is -2.22. The number of hydrogen-bond acceptors (Lipinski definition) is 4. The van der Waals surface area contributed by atoms with Gasteiger partial charge in [-0.1, -0.05) is 22.9 Å². The Bertz CT molecular complexity index is 617. The maximum Gasteiger partial charge on any atom is 0.141 e. The molecule has 19 heavy (non-hydrogen) atoms. The Balaban J connectivity index is 1.95. The van der Waals surface area contributed by atoms with Gasteiger partial charge in [-0.05, 0) is 29.8 Å². The molecule has 0 aliphatic carbocycles. The third kappa shape index (κ3) is 2.29. The first-order valence-corrected chi connectivity index (χ1v) is 6.15. The number of halogens is 2. The molecule has 0 radical (unpaired) electrons. The van der Waals surface area contributed by atoms with Gasteiger partial charge in [-0.3, -0.25) is 4.98 Å². The van der Waals surface area contributed by atoms with Gasteiger partial charge in [0, 0.05) is 12.4 Å². The normalized spacial score (nSPS) is 18.0. The number of anilines is 1. The van der Waals surface area contributed by atoms with Gasteiger partial charge in [0.25, 0.3) is 0 Å². The van der Waals surface area contributed by atoms with Crippen molar-refractivity contribution >= 4 is 17.3 Å². The Morgan fingerprint density at radius 1 is 1.32 bits per heavy atom. The van der Waals surface area contributed by atoms with E-state index in [2.05, 4.69) is 15.3 Å². The maximum absolute atomic E-state index is 13.2. The van der Waals surface area contributed by atoms with Gasteiger partial charge in [-0.2, -0.15) is 5.11 Å². The summed E-state index contributed by atoms with van der Waals surface area (Å²) < 4.78 is 13.2. The quantitative estimate of drug-likeness (QED) is 0.837. The molecule has 96 valence electrons. The Hall–Kier alpha value is -2.01. The molecule has 1 unspecified atom stereocenters. The van der Waals surface area contributed by atoms with Crippen LogP contribution < -0.4 is 5.01 Å². The molecule has 1 aromatic carbocycles. The average Bonchev–Trinajstić information content (AvgIpc) is 2.92. The zero-order valence-corrected chi connectivity index (χ0v) is 10.6. The van der Waals surface area contributed by atoms with Crippen molar-refractivity contribution in [3.05, 3.63) is 59.1 Å². The van der Waals surface area contributed by atoms with E-state index in [1.807, 2.05) is 12.1 Å². The summed E-state index contributed by atoms with van der Waals surface area (Å²) in [4.78, 5) is 4.09. The van der Waals surface area contributed by atoms with Crippen LogP contribution in [0, 0.1) is 5.82 Å². The molecule has 1 aliphatic rings. The Labute approximate surface area is 114 Å². The Morgan fingerprint density at radius 2 is 2.21 bits per heavy atom. The van der Waals surface area contributed by atoms with Crippen molar-refractivity contribution in [3.8, 4) is 0 Å². The van der Waals surface area contributed by atoms with Crippen LogP contribution in [0.15, 0.2) is 53.1 Å². The van der Waals surface area contributed by atoms with E-state index in [1.54, 1.807) is 29.5 Å². The molecular weight excluding hydrogens is 267 g/mol. The second-order valence-electron chi connectivity index (χ2n) is 4.16. The van der Waals surface area contributed by atoms with Gasteiger partial charge in [-0.25, -0.2) is 9.40 Å². The van der Waals surface area contributed by atoms with Gasteiger partial charge in [0.2, 0.25) is 0 Å². The van der Waals surface area contributed by atoms with Crippen LogP contribution in [0.25, 0.3) is 0 Å². The third-order valence-electron chi connectivity index (χ3n) is 2.95. The van der Waals surface area contributed by atoms with Gasteiger partial charge in [0.05, 0.1) is 17.3 Å². The molecule has 0 spiro atoms. The van der Waals surface area contributed by atoms with Gasteiger partial charge in [0.15, 0.2) is 0 Å². The summed E-state index contributed by atoms with van der Waals surface area (Å²) in [6.45, 7) is 0.542. The van der Waals surface area contributed by atoms with E-state index in [0.717, 1.165) is 5.56 Å². The van der Waals surface area contributed by atoms with Crippen molar-refractivity contribution in [1.29, 1.82) is 0 Å². The van der Waals surface area contributed by atoms with E-state index in [1.165, 1.54) is 6.07 Å². The zero-order chi connectivity index (χ0) is 13.2. The van der Waals surface area contributed by atoms with Crippen LogP contribution in [0.2, 0.25) is 5.02 Å². The van der Waals surface area contributed by atoms with Crippen LogP contribution in [0.3, 0.4) is 0 Å². The number of hydrogen-bond donors (Lipinski definition) is 0. The second kappa shape index (κ2) is 4.93. The van der Waals surface area contributed by atoms with Crippen molar-refractivity contribution in [2.75, 3.05) is 11.6 Å². The first kappa shape index (κ1) is 12.0. The predicted octanol–water partition coefficient (Wildman–Crippen LogP) is 3.80. The molecule has 1 aromatic heterocycles. The van der Waals surface area contributed by atoms with Crippen LogP contribution in [-0.4, -0.2) is 11.5 Å². The fourth-order valence-corrected chi connectivity index (χ4v) is 2.18. The lowest BCUT2D eigenvalue weighted by Crippen LogP contribution is -2.20. The van der Waals surface area contributed by atoms with Crippen molar-refractivity contribution < 1.29 is 4.39 Å². The van der Waals surface area contributed by atoms with Crippen molar-refractivity contribution in [2.45, 2.75) is 6.04 Å². The van der Waals surface area contributed by atoms with E-state index >= 15 is 0 Å². The molecule has 0 fully saturated rings. The molecule has 0 N–H and O–H groups in total. The van der Waals surface area contributed by atoms with Crippen LogP contribution in [0.1, 0.15) is 11.6 Å². The molecule has 2 aromatic rings. The number of pyridine rings is 1. The Kier molecular flexibility index (Phi) is 3.13. The SMILES string of the molecule is Fc1ccc(N2N=NCC2c2cccnc2)cc1Cl. The van der Waals surface area contributed by atoms with Gasteiger partial charge in [-0.15, -0.1) is 0 Å². The van der Waals surface area contributed by atoms with Gasteiger partial charge >= 0.3 is 0 Å². The zero-order valence-electron chi connectivity index (χ0n) is 9.87. The van der Waals surface area contributed by atoms with Crippen molar-refractivity contribution in [2.24, 2.45) is 10.3 Å². The van der Waals surface area contributed by atoms with Crippen LogP contribution in [-0.2, 0) is 0 Å².